The molecule has 2 aliphatic rings. The molecule has 0 radical (unpaired) electrons. The van der Waals surface area contributed by atoms with Gasteiger partial charge in [-0.15, -0.1) is 0 Å². The summed E-state index contributed by atoms with van der Waals surface area (Å²) in [6.45, 7) is 1.72. The molecule has 0 atom stereocenters. The third-order valence-electron chi connectivity index (χ3n) is 5.15. The lowest BCUT2D eigenvalue weighted by molar-refractivity contribution is 0.321. The van der Waals surface area contributed by atoms with Crippen molar-refractivity contribution in [3.05, 3.63) is 41.1 Å². The van der Waals surface area contributed by atoms with E-state index >= 15 is 0 Å². The summed E-state index contributed by atoms with van der Waals surface area (Å²) in [5.74, 6) is 0.648. The Kier molecular flexibility index (Phi) is 4.43. The van der Waals surface area contributed by atoms with Crippen molar-refractivity contribution < 1.29 is 12.8 Å². The minimum absolute atomic E-state index is 0.233. The molecular weight excluding hydrogens is 340 g/mol. The van der Waals surface area contributed by atoms with Crippen LogP contribution in [0.25, 0.3) is 0 Å². The van der Waals surface area contributed by atoms with E-state index in [0.29, 0.717) is 25.4 Å². The van der Waals surface area contributed by atoms with Crippen LogP contribution < -0.4 is 0 Å². The maximum atomic E-state index is 13.1. The zero-order chi connectivity index (χ0) is 17.4. The van der Waals surface area contributed by atoms with Gasteiger partial charge in [-0.1, -0.05) is 0 Å². The summed E-state index contributed by atoms with van der Waals surface area (Å²) in [6, 6.07) is 3.60. The molecule has 0 amide bonds. The van der Waals surface area contributed by atoms with Crippen molar-refractivity contribution in [1.82, 2.24) is 18.4 Å². The molecule has 0 saturated carbocycles. The van der Waals surface area contributed by atoms with Crippen molar-refractivity contribution in [3.63, 3.8) is 0 Å². The van der Waals surface area contributed by atoms with Gasteiger partial charge < -0.3 is 4.42 Å². The first kappa shape index (κ1) is 16.8. The Hall–Kier alpha value is -1.64. The van der Waals surface area contributed by atoms with E-state index in [-0.39, 0.29) is 6.54 Å². The SMILES string of the molecule is Cn1nc(CN(Cc2ccco2)S(=O)(=O)N2CCCC2)c2c1CCC2. The molecule has 136 valence electrons. The molecule has 0 bridgehead atoms. The average Bonchev–Trinajstić information content (AvgIpc) is 3.36. The van der Waals surface area contributed by atoms with Crippen molar-refractivity contribution in [3.8, 4) is 0 Å². The smallest absolute Gasteiger partial charge is 0.282 e. The number of rotatable bonds is 6. The van der Waals surface area contributed by atoms with Crippen molar-refractivity contribution in [2.45, 2.75) is 45.2 Å². The predicted octanol–water partition coefficient (Wildman–Crippen LogP) is 1.84. The van der Waals surface area contributed by atoms with E-state index in [4.69, 9.17) is 4.42 Å². The molecule has 0 aromatic carbocycles. The molecule has 0 spiro atoms. The highest BCUT2D eigenvalue weighted by atomic mass is 32.2. The number of aromatic nitrogens is 2. The number of hydrogen-bond acceptors (Lipinski definition) is 4. The van der Waals surface area contributed by atoms with E-state index in [1.807, 2.05) is 17.8 Å². The van der Waals surface area contributed by atoms with Crippen LogP contribution in [0.5, 0.6) is 0 Å². The molecule has 1 fully saturated rings. The lowest BCUT2D eigenvalue weighted by Crippen LogP contribution is -2.41. The molecule has 4 rings (SSSR count). The first-order valence-electron chi connectivity index (χ1n) is 8.87. The van der Waals surface area contributed by atoms with Gasteiger partial charge in [0.2, 0.25) is 0 Å². The lowest BCUT2D eigenvalue weighted by atomic mass is 10.2. The molecule has 7 nitrogen and oxygen atoms in total. The standard InChI is InChI=1S/C17H24N4O3S/c1-19-17-8-4-7-15(17)16(18-19)13-21(12-14-6-5-11-24-14)25(22,23)20-9-2-3-10-20/h5-6,11H,2-4,7-10,12-13H2,1H3. The Morgan fingerprint density at radius 3 is 2.72 bits per heavy atom. The minimum atomic E-state index is -3.53. The third-order valence-corrected chi connectivity index (χ3v) is 7.08. The first-order chi connectivity index (χ1) is 12.1. The number of furan rings is 1. The van der Waals surface area contributed by atoms with Crippen LogP contribution in [0.15, 0.2) is 22.8 Å². The quantitative estimate of drug-likeness (QED) is 0.784. The Bertz CT molecular complexity index is 836. The van der Waals surface area contributed by atoms with Gasteiger partial charge in [0, 0.05) is 25.8 Å². The highest BCUT2D eigenvalue weighted by Crippen LogP contribution is 2.28. The van der Waals surface area contributed by atoms with Crippen LogP contribution in [0.1, 0.15) is 42.0 Å². The second-order valence-corrected chi connectivity index (χ2v) is 8.74. The number of hydrogen-bond donors (Lipinski definition) is 0. The maximum absolute atomic E-state index is 13.1. The number of aryl methyl sites for hydroxylation is 1. The monoisotopic (exact) mass is 364 g/mol. The van der Waals surface area contributed by atoms with Crippen LogP contribution in [0.4, 0.5) is 0 Å². The van der Waals surface area contributed by atoms with Crippen LogP contribution in [0.2, 0.25) is 0 Å². The fourth-order valence-electron chi connectivity index (χ4n) is 3.87. The van der Waals surface area contributed by atoms with E-state index in [2.05, 4.69) is 5.10 Å². The normalized spacial score (nSPS) is 18.3. The van der Waals surface area contributed by atoms with Crippen molar-refractivity contribution in [2.24, 2.45) is 7.05 Å². The van der Waals surface area contributed by atoms with Crippen LogP contribution >= 0.6 is 0 Å². The highest BCUT2D eigenvalue weighted by Gasteiger charge is 2.34. The van der Waals surface area contributed by atoms with E-state index in [1.54, 1.807) is 16.6 Å². The first-order valence-corrected chi connectivity index (χ1v) is 10.3. The molecule has 1 aliphatic heterocycles. The van der Waals surface area contributed by atoms with Gasteiger partial charge in [-0.25, -0.2) is 0 Å². The van der Waals surface area contributed by atoms with Gasteiger partial charge in [0.25, 0.3) is 10.2 Å². The highest BCUT2D eigenvalue weighted by molar-refractivity contribution is 7.86. The van der Waals surface area contributed by atoms with Gasteiger partial charge in [-0.2, -0.15) is 22.1 Å². The predicted molar refractivity (Wildman–Crippen MR) is 92.9 cm³/mol. The summed E-state index contributed by atoms with van der Waals surface area (Å²) in [7, 11) is -1.58. The van der Waals surface area contributed by atoms with Crippen LogP contribution in [0.3, 0.4) is 0 Å². The molecule has 2 aromatic rings. The second kappa shape index (κ2) is 6.59. The fourth-order valence-corrected chi connectivity index (χ4v) is 5.49. The molecule has 3 heterocycles. The van der Waals surface area contributed by atoms with Gasteiger partial charge in [-0.05, 0) is 49.8 Å². The Morgan fingerprint density at radius 2 is 2.00 bits per heavy atom. The summed E-state index contributed by atoms with van der Waals surface area (Å²) in [5, 5.41) is 4.60. The topological polar surface area (TPSA) is 71.6 Å². The molecule has 1 aliphatic carbocycles. The van der Waals surface area contributed by atoms with Crippen molar-refractivity contribution in [2.75, 3.05) is 13.1 Å². The zero-order valence-corrected chi connectivity index (χ0v) is 15.3. The lowest BCUT2D eigenvalue weighted by Gasteiger charge is -2.26. The molecule has 1 saturated heterocycles. The molecule has 2 aromatic heterocycles. The molecule has 8 heteroatoms. The summed E-state index contributed by atoms with van der Waals surface area (Å²) in [5.41, 5.74) is 3.35. The summed E-state index contributed by atoms with van der Waals surface area (Å²) < 4.78 is 36.7. The van der Waals surface area contributed by atoms with E-state index in [1.165, 1.54) is 15.6 Å². The van der Waals surface area contributed by atoms with Crippen molar-refractivity contribution >= 4 is 10.2 Å². The van der Waals surface area contributed by atoms with Crippen molar-refractivity contribution in [1.29, 1.82) is 0 Å². The maximum Gasteiger partial charge on any atom is 0.282 e. The third kappa shape index (κ3) is 3.14. The van der Waals surface area contributed by atoms with Crippen LogP contribution in [0, 0.1) is 0 Å². The Labute approximate surface area is 148 Å². The summed E-state index contributed by atoms with van der Waals surface area (Å²) >= 11 is 0. The fraction of sp³-hybridized carbons (Fsp3) is 0.588. The van der Waals surface area contributed by atoms with Gasteiger partial charge in [0.1, 0.15) is 5.76 Å². The Balaban J connectivity index is 1.64. The average molecular weight is 364 g/mol. The minimum Gasteiger partial charge on any atom is -0.468 e. The number of fused-ring (bicyclic) bond motifs is 1. The Morgan fingerprint density at radius 1 is 1.20 bits per heavy atom. The second-order valence-electron chi connectivity index (χ2n) is 6.81. The van der Waals surface area contributed by atoms with Crippen LogP contribution in [-0.2, 0) is 43.2 Å². The van der Waals surface area contributed by atoms with Gasteiger partial charge in [0.05, 0.1) is 25.0 Å². The molecule has 0 N–H and O–H groups in total. The van der Waals surface area contributed by atoms with E-state index < -0.39 is 10.2 Å². The zero-order valence-electron chi connectivity index (χ0n) is 14.5. The van der Waals surface area contributed by atoms with Gasteiger partial charge in [0.15, 0.2) is 0 Å². The summed E-state index contributed by atoms with van der Waals surface area (Å²) in [6.07, 6.45) is 6.55. The van der Waals surface area contributed by atoms with E-state index in [9.17, 15) is 8.42 Å². The molecule has 25 heavy (non-hydrogen) atoms. The van der Waals surface area contributed by atoms with Gasteiger partial charge in [-0.3, -0.25) is 4.68 Å². The largest absolute Gasteiger partial charge is 0.468 e. The van der Waals surface area contributed by atoms with Crippen LogP contribution in [-0.4, -0.2) is 39.9 Å². The number of nitrogens with zero attached hydrogens (tertiary/aromatic N) is 4. The van der Waals surface area contributed by atoms with Gasteiger partial charge >= 0.3 is 0 Å². The summed E-state index contributed by atoms with van der Waals surface area (Å²) in [4.78, 5) is 0. The molecule has 0 unspecified atom stereocenters. The van der Waals surface area contributed by atoms with E-state index in [0.717, 1.165) is 37.8 Å². The molecular formula is C17H24N4O3S.